The summed E-state index contributed by atoms with van der Waals surface area (Å²) in [6.07, 6.45) is 0. The Labute approximate surface area is 143 Å². The van der Waals surface area contributed by atoms with E-state index in [9.17, 15) is 0 Å². The number of morpholine rings is 2. The van der Waals surface area contributed by atoms with Crippen LogP contribution in [0.3, 0.4) is 0 Å². The van der Waals surface area contributed by atoms with Crippen molar-refractivity contribution in [3.63, 3.8) is 0 Å². The molecule has 3 heterocycles. The minimum absolute atomic E-state index is 0. The van der Waals surface area contributed by atoms with E-state index >= 15 is 0 Å². The molecule has 2 aliphatic rings. The van der Waals surface area contributed by atoms with E-state index in [4.69, 9.17) is 14.5 Å². The molecule has 2 fully saturated rings. The van der Waals surface area contributed by atoms with Crippen LogP contribution in [0.4, 0.5) is 17.8 Å². The number of hydrogen-bond acceptors (Lipinski definition) is 7. The number of ether oxygens (including phenoxy) is 2. The normalized spacial score (nSPS) is 19.4. The van der Waals surface area contributed by atoms with Crippen LogP contribution in [-0.2, 0) is 9.47 Å². The fraction of sp³-hybridized carbons (Fsp3) is 0.786. The van der Waals surface area contributed by atoms with Crippen molar-refractivity contribution < 1.29 is 21.9 Å². The van der Waals surface area contributed by atoms with Crippen molar-refractivity contribution in [2.24, 2.45) is 0 Å². The van der Waals surface area contributed by atoms with Crippen LogP contribution in [0.15, 0.2) is 0 Å². The zero-order chi connectivity index (χ0) is 15.6. The lowest BCUT2D eigenvalue weighted by Gasteiger charge is -2.31. The van der Waals surface area contributed by atoms with E-state index in [0.29, 0.717) is 4.48 Å². The molecule has 0 unspecified atom stereocenters. The van der Waals surface area contributed by atoms with Crippen molar-refractivity contribution in [3.05, 3.63) is 0 Å². The molecular formula is C14H25ClN6O2. The molecule has 0 aromatic carbocycles. The molecule has 2 aliphatic heterocycles. The molecule has 23 heavy (non-hydrogen) atoms. The van der Waals surface area contributed by atoms with Gasteiger partial charge < -0.3 is 31.7 Å². The first-order valence-corrected chi connectivity index (χ1v) is 7.77. The zero-order valence-electron chi connectivity index (χ0n) is 14.0. The Kier molecular flexibility index (Phi) is 5.96. The Morgan fingerprint density at radius 3 is 1.48 bits per heavy atom. The summed E-state index contributed by atoms with van der Waals surface area (Å²) in [6.45, 7) is 6.17. The number of hydrogen-bond donors (Lipinski definition) is 0. The highest BCUT2D eigenvalue weighted by molar-refractivity contribution is 5.45. The Morgan fingerprint density at radius 1 is 0.739 bits per heavy atom. The Morgan fingerprint density at radius 2 is 1.13 bits per heavy atom. The summed E-state index contributed by atoms with van der Waals surface area (Å²) in [6, 6.07) is 0. The highest BCUT2D eigenvalue weighted by Crippen LogP contribution is 2.21. The van der Waals surface area contributed by atoms with E-state index < -0.39 is 0 Å². The predicted octanol–water partition coefficient (Wildman–Crippen LogP) is -3.25. The number of anilines is 2. The molecular weight excluding hydrogens is 320 g/mol. The molecule has 0 saturated carbocycles. The molecule has 0 aliphatic carbocycles. The summed E-state index contributed by atoms with van der Waals surface area (Å²) in [5, 5.41) is 0. The van der Waals surface area contributed by atoms with E-state index in [-0.39, 0.29) is 12.4 Å². The van der Waals surface area contributed by atoms with Crippen molar-refractivity contribution in [3.8, 4) is 0 Å². The highest BCUT2D eigenvalue weighted by Gasteiger charge is 2.25. The third-order valence-electron chi connectivity index (χ3n) is 3.79. The van der Waals surface area contributed by atoms with E-state index in [1.54, 1.807) is 0 Å². The second kappa shape index (κ2) is 7.57. The van der Waals surface area contributed by atoms with Crippen LogP contribution < -0.4 is 26.7 Å². The van der Waals surface area contributed by atoms with Crippen molar-refractivity contribution >= 4 is 17.8 Å². The van der Waals surface area contributed by atoms with Crippen LogP contribution in [0.25, 0.3) is 0 Å². The standard InChI is InChI=1S/C14H25N6O2.ClH/c1-20(2,3)14-16-12(18-4-8-21-9-5-18)15-13(17-14)19-6-10-22-11-7-19;/h4-11H2,1-3H3;1H/q+1;/p-1. The van der Waals surface area contributed by atoms with Crippen molar-refractivity contribution in [2.45, 2.75) is 0 Å². The number of quaternary nitrogens is 1. The van der Waals surface area contributed by atoms with Crippen LogP contribution in [0.5, 0.6) is 0 Å². The first-order chi connectivity index (χ1) is 10.5. The summed E-state index contributed by atoms with van der Waals surface area (Å²) in [5.74, 6) is 2.28. The summed E-state index contributed by atoms with van der Waals surface area (Å²) >= 11 is 0. The molecule has 9 heteroatoms. The lowest BCUT2D eigenvalue weighted by atomic mass is 10.4. The third-order valence-corrected chi connectivity index (χ3v) is 3.79. The summed E-state index contributed by atoms with van der Waals surface area (Å²) < 4.78 is 11.4. The summed E-state index contributed by atoms with van der Waals surface area (Å²) in [5.41, 5.74) is 0. The largest absolute Gasteiger partial charge is 1.00 e. The van der Waals surface area contributed by atoms with Gasteiger partial charge >= 0.3 is 5.95 Å². The van der Waals surface area contributed by atoms with Gasteiger partial charge in [-0.15, -0.1) is 9.97 Å². The molecule has 2 saturated heterocycles. The molecule has 0 bridgehead atoms. The van der Waals surface area contributed by atoms with Gasteiger partial charge in [-0.1, -0.05) is 0 Å². The topological polar surface area (TPSA) is 63.6 Å². The van der Waals surface area contributed by atoms with Gasteiger partial charge in [0.05, 0.1) is 47.6 Å². The zero-order valence-corrected chi connectivity index (χ0v) is 14.8. The average Bonchev–Trinajstić information content (AvgIpc) is 2.55. The number of halogens is 1. The third kappa shape index (κ3) is 4.41. The number of aromatic nitrogens is 3. The Bertz CT molecular complexity index is 476. The van der Waals surface area contributed by atoms with Gasteiger partial charge in [-0.05, 0) is 0 Å². The summed E-state index contributed by atoms with van der Waals surface area (Å²) in [7, 11) is 6.21. The lowest BCUT2D eigenvalue weighted by molar-refractivity contribution is -0.00000648. The van der Waals surface area contributed by atoms with Gasteiger partial charge in [0, 0.05) is 26.2 Å². The number of nitrogens with zero attached hydrogens (tertiary/aromatic N) is 6. The van der Waals surface area contributed by atoms with Crippen molar-refractivity contribution in [2.75, 3.05) is 83.5 Å². The maximum absolute atomic E-state index is 5.42. The molecule has 130 valence electrons. The van der Waals surface area contributed by atoms with Gasteiger partial charge in [-0.25, -0.2) is 0 Å². The van der Waals surface area contributed by atoms with Gasteiger partial charge in [0.15, 0.2) is 0 Å². The van der Waals surface area contributed by atoms with Gasteiger partial charge in [0.1, 0.15) is 0 Å². The molecule has 0 spiro atoms. The van der Waals surface area contributed by atoms with Crippen LogP contribution >= 0.6 is 0 Å². The highest BCUT2D eigenvalue weighted by atomic mass is 35.5. The van der Waals surface area contributed by atoms with Crippen LogP contribution in [0, 0.1) is 0 Å². The number of rotatable bonds is 3. The van der Waals surface area contributed by atoms with Crippen LogP contribution in [-0.4, -0.2) is 88.7 Å². The maximum Gasteiger partial charge on any atom is 0.334 e. The lowest BCUT2D eigenvalue weighted by Crippen LogP contribution is -3.00. The smallest absolute Gasteiger partial charge is 0.334 e. The molecule has 3 rings (SSSR count). The monoisotopic (exact) mass is 344 g/mol. The fourth-order valence-electron chi connectivity index (χ4n) is 2.45. The summed E-state index contributed by atoms with van der Waals surface area (Å²) in [4.78, 5) is 18.4. The van der Waals surface area contributed by atoms with Crippen molar-refractivity contribution in [1.82, 2.24) is 19.4 Å². The Balaban J connectivity index is 0.00000192. The molecule has 1 aromatic rings. The maximum atomic E-state index is 5.42. The minimum Gasteiger partial charge on any atom is -1.00 e. The minimum atomic E-state index is 0. The van der Waals surface area contributed by atoms with Crippen LogP contribution in [0.2, 0.25) is 0 Å². The molecule has 8 nitrogen and oxygen atoms in total. The van der Waals surface area contributed by atoms with Crippen LogP contribution in [0.1, 0.15) is 0 Å². The quantitative estimate of drug-likeness (QED) is 0.534. The van der Waals surface area contributed by atoms with E-state index in [1.807, 2.05) is 0 Å². The molecule has 1 aromatic heterocycles. The predicted molar refractivity (Wildman–Crippen MR) is 85.5 cm³/mol. The van der Waals surface area contributed by atoms with Gasteiger partial charge in [-0.2, -0.15) is 4.98 Å². The van der Waals surface area contributed by atoms with Gasteiger partial charge in [-0.3, -0.25) is 4.48 Å². The van der Waals surface area contributed by atoms with Gasteiger partial charge in [0.25, 0.3) is 0 Å². The van der Waals surface area contributed by atoms with Gasteiger partial charge in [0.2, 0.25) is 11.9 Å². The first kappa shape index (κ1) is 18.1. The fourth-order valence-corrected chi connectivity index (χ4v) is 2.45. The molecule has 0 N–H and O–H groups in total. The SMILES string of the molecule is C[N+](C)(C)c1nc(N2CCOCC2)nc(N2CCOCC2)n1.[Cl-]. The second-order valence-electron chi connectivity index (χ2n) is 6.45. The Hall–Kier alpha value is -1.22. The van der Waals surface area contributed by atoms with E-state index in [1.165, 1.54) is 0 Å². The van der Waals surface area contributed by atoms with E-state index in [0.717, 1.165) is 70.5 Å². The van der Waals surface area contributed by atoms with Crippen molar-refractivity contribution in [1.29, 1.82) is 0 Å². The average molecular weight is 345 g/mol. The molecule has 0 radical (unpaired) electrons. The molecule has 0 amide bonds. The first-order valence-electron chi connectivity index (χ1n) is 7.77. The molecule has 0 atom stereocenters. The second-order valence-corrected chi connectivity index (χ2v) is 6.45. The van der Waals surface area contributed by atoms with E-state index in [2.05, 4.69) is 40.9 Å².